The van der Waals surface area contributed by atoms with Gasteiger partial charge in [0.1, 0.15) is 0 Å². The van der Waals surface area contributed by atoms with E-state index in [-0.39, 0.29) is 0 Å². The summed E-state index contributed by atoms with van der Waals surface area (Å²) in [5.74, 6) is 0.765. The highest BCUT2D eigenvalue weighted by atomic mass is 16.2. The molecule has 1 atom stereocenters. The lowest BCUT2D eigenvalue weighted by Crippen LogP contribution is -2.35. The van der Waals surface area contributed by atoms with E-state index < -0.39 is 0 Å². The predicted molar refractivity (Wildman–Crippen MR) is 67.7 cm³/mol. The van der Waals surface area contributed by atoms with Gasteiger partial charge in [-0.05, 0) is 43.7 Å². The van der Waals surface area contributed by atoms with Gasteiger partial charge in [0.25, 0.3) is 0 Å². The number of hydrogen-bond donors (Lipinski definition) is 1. The van der Waals surface area contributed by atoms with Gasteiger partial charge in [-0.3, -0.25) is 0 Å². The van der Waals surface area contributed by atoms with Crippen LogP contribution in [0.5, 0.6) is 0 Å². The Morgan fingerprint density at radius 3 is 2.81 bits per heavy atom. The molecule has 1 aliphatic heterocycles. The molecule has 1 fully saturated rings. The number of benzene rings is 1. The summed E-state index contributed by atoms with van der Waals surface area (Å²) < 4.78 is 0. The Labute approximate surface area is 97.9 Å². The Morgan fingerprint density at radius 1 is 1.25 bits per heavy atom. The van der Waals surface area contributed by atoms with Gasteiger partial charge in [0.05, 0.1) is 0 Å². The topological polar surface area (TPSA) is 23.5 Å². The van der Waals surface area contributed by atoms with Gasteiger partial charge in [-0.2, -0.15) is 0 Å². The predicted octanol–water partition coefficient (Wildman–Crippen LogP) is 2.68. The van der Waals surface area contributed by atoms with Gasteiger partial charge in [0.15, 0.2) is 0 Å². The maximum atomic E-state index is 8.87. The van der Waals surface area contributed by atoms with Crippen LogP contribution in [0.1, 0.15) is 25.7 Å². The first-order valence-electron chi connectivity index (χ1n) is 6.31. The van der Waals surface area contributed by atoms with Crippen LogP contribution in [-0.4, -0.2) is 24.8 Å². The van der Waals surface area contributed by atoms with Crippen molar-refractivity contribution in [3.63, 3.8) is 0 Å². The number of aliphatic hydroxyl groups excluding tert-OH is 1. The summed E-state index contributed by atoms with van der Waals surface area (Å²) in [6, 6.07) is 10.7. The molecule has 1 heterocycles. The highest BCUT2D eigenvalue weighted by Gasteiger charge is 2.19. The number of piperidine rings is 1. The zero-order valence-electron chi connectivity index (χ0n) is 9.81. The molecule has 1 unspecified atom stereocenters. The highest BCUT2D eigenvalue weighted by Crippen LogP contribution is 2.25. The number of anilines is 1. The zero-order valence-corrected chi connectivity index (χ0v) is 9.81. The third-order valence-electron chi connectivity index (χ3n) is 3.41. The molecule has 0 amide bonds. The SMILES string of the molecule is OCCCC1CCCN(c2ccccc2)C1. The quantitative estimate of drug-likeness (QED) is 0.841. The van der Waals surface area contributed by atoms with Crippen molar-refractivity contribution >= 4 is 5.69 Å². The fraction of sp³-hybridized carbons (Fsp3) is 0.571. The minimum atomic E-state index is 0.335. The van der Waals surface area contributed by atoms with Gasteiger partial charge in [-0.1, -0.05) is 18.2 Å². The Kier molecular flexibility index (Phi) is 4.23. The fourth-order valence-electron chi connectivity index (χ4n) is 2.55. The van der Waals surface area contributed by atoms with Gasteiger partial charge in [-0.15, -0.1) is 0 Å². The van der Waals surface area contributed by atoms with Gasteiger partial charge >= 0.3 is 0 Å². The van der Waals surface area contributed by atoms with Crippen molar-refractivity contribution in [1.29, 1.82) is 0 Å². The number of aliphatic hydroxyl groups is 1. The molecular weight excluding hydrogens is 198 g/mol. The Balaban J connectivity index is 1.91. The van der Waals surface area contributed by atoms with Crippen LogP contribution in [0.15, 0.2) is 30.3 Å². The Hall–Kier alpha value is -1.02. The highest BCUT2D eigenvalue weighted by molar-refractivity contribution is 5.46. The van der Waals surface area contributed by atoms with Crippen LogP contribution in [0.4, 0.5) is 5.69 Å². The minimum Gasteiger partial charge on any atom is -0.396 e. The second kappa shape index (κ2) is 5.90. The summed E-state index contributed by atoms with van der Waals surface area (Å²) in [7, 11) is 0. The molecule has 1 aromatic carbocycles. The van der Waals surface area contributed by atoms with Gasteiger partial charge in [-0.25, -0.2) is 0 Å². The first kappa shape index (κ1) is 11.5. The zero-order chi connectivity index (χ0) is 11.2. The lowest BCUT2D eigenvalue weighted by molar-refractivity contribution is 0.263. The van der Waals surface area contributed by atoms with Crippen LogP contribution in [0.2, 0.25) is 0 Å². The van der Waals surface area contributed by atoms with Crippen LogP contribution in [-0.2, 0) is 0 Å². The van der Waals surface area contributed by atoms with Crippen LogP contribution < -0.4 is 4.90 Å². The molecule has 1 N–H and O–H groups in total. The maximum absolute atomic E-state index is 8.87. The van der Waals surface area contributed by atoms with Gasteiger partial charge < -0.3 is 10.0 Å². The first-order chi connectivity index (χ1) is 7.90. The molecule has 2 heteroatoms. The number of para-hydroxylation sites is 1. The van der Waals surface area contributed by atoms with Crippen LogP contribution in [0, 0.1) is 5.92 Å². The minimum absolute atomic E-state index is 0.335. The van der Waals surface area contributed by atoms with E-state index in [9.17, 15) is 0 Å². The third kappa shape index (κ3) is 2.99. The fourth-order valence-corrected chi connectivity index (χ4v) is 2.55. The molecule has 0 spiro atoms. The number of rotatable bonds is 4. The molecular formula is C14H21NO. The molecule has 1 saturated heterocycles. The third-order valence-corrected chi connectivity index (χ3v) is 3.41. The van der Waals surface area contributed by atoms with Crippen molar-refractivity contribution in [2.75, 3.05) is 24.6 Å². The Bertz CT molecular complexity index is 299. The summed E-state index contributed by atoms with van der Waals surface area (Å²) in [4.78, 5) is 2.48. The molecule has 1 aliphatic rings. The lowest BCUT2D eigenvalue weighted by Gasteiger charge is -2.34. The van der Waals surface area contributed by atoms with Crippen LogP contribution in [0.3, 0.4) is 0 Å². The van der Waals surface area contributed by atoms with E-state index in [2.05, 4.69) is 35.2 Å². The van der Waals surface area contributed by atoms with E-state index in [4.69, 9.17) is 5.11 Å². The second-order valence-corrected chi connectivity index (χ2v) is 4.66. The molecule has 0 bridgehead atoms. The van der Waals surface area contributed by atoms with E-state index in [0.717, 1.165) is 18.9 Å². The molecule has 88 valence electrons. The molecule has 0 saturated carbocycles. The second-order valence-electron chi connectivity index (χ2n) is 4.66. The summed E-state index contributed by atoms with van der Waals surface area (Å²) in [5, 5.41) is 8.87. The molecule has 1 aromatic rings. The van der Waals surface area contributed by atoms with Gasteiger partial charge in [0.2, 0.25) is 0 Å². The van der Waals surface area contributed by atoms with E-state index in [1.165, 1.54) is 31.5 Å². The lowest BCUT2D eigenvalue weighted by atomic mass is 9.93. The van der Waals surface area contributed by atoms with E-state index >= 15 is 0 Å². The van der Waals surface area contributed by atoms with Crippen LogP contribution in [0.25, 0.3) is 0 Å². The van der Waals surface area contributed by atoms with Crippen molar-refractivity contribution < 1.29 is 5.11 Å². The van der Waals surface area contributed by atoms with Crippen LogP contribution >= 0.6 is 0 Å². The van der Waals surface area contributed by atoms with Crippen molar-refractivity contribution in [2.24, 2.45) is 5.92 Å². The first-order valence-corrected chi connectivity index (χ1v) is 6.31. The average molecular weight is 219 g/mol. The van der Waals surface area contributed by atoms with E-state index in [1.807, 2.05) is 0 Å². The average Bonchev–Trinajstić information content (AvgIpc) is 2.38. The molecule has 2 rings (SSSR count). The van der Waals surface area contributed by atoms with E-state index in [0.29, 0.717) is 6.61 Å². The van der Waals surface area contributed by atoms with Gasteiger partial charge in [0, 0.05) is 25.4 Å². The van der Waals surface area contributed by atoms with E-state index in [1.54, 1.807) is 0 Å². The summed E-state index contributed by atoms with van der Waals surface area (Å²) in [6.45, 7) is 2.67. The summed E-state index contributed by atoms with van der Waals surface area (Å²) in [5.41, 5.74) is 1.34. The Morgan fingerprint density at radius 2 is 2.06 bits per heavy atom. The molecule has 0 radical (unpaired) electrons. The molecule has 0 aromatic heterocycles. The van der Waals surface area contributed by atoms with Crippen molar-refractivity contribution in [1.82, 2.24) is 0 Å². The smallest absolute Gasteiger partial charge is 0.0431 e. The largest absolute Gasteiger partial charge is 0.396 e. The van der Waals surface area contributed by atoms with Crippen molar-refractivity contribution in [2.45, 2.75) is 25.7 Å². The standard InChI is InChI=1S/C14H21NO/c16-11-5-7-13-6-4-10-15(12-13)14-8-2-1-3-9-14/h1-3,8-9,13,16H,4-7,10-12H2. The molecule has 0 aliphatic carbocycles. The summed E-state index contributed by atoms with van der Waals surface area (Å²) >= 11 is 0. The number of nitrogens with zero attached hydrogens (tertiary/aromatic N) is 1. The normalized spacial score (nSPS) is 21.1. The summed E-state index contributed by atoms with van der Waals surface area (Å²) in [6.07, 6.45) is 4.72. The number of hydrogen-bond acceptors (Lipinski definition) is 2. The maximum Gasteiger partial charge on any atom is 0.0431 e. The van der Waals surface area contributed by atoms with Crippen molar-refractivity contribution in [3.8, 4) is 0 Å². The van der Waals surface area contributed by atoms with Crippen molar-refractivity contribution in [3.05, 3.63) is 30.3 Å². The monoisotopic (exact) mass is 219 g/mol. The molecule has 16 heavy (non-hydrogen) atoms. The molecule has 2 nitrogen and oxygen atoms in total.